The summed E-state index contributed by atoms with van der Waals surface area (Å²) in [6.07, 6.45) is 0.461. The highest BCUT2D eigenvalue weighted by atomic mass is 19.2. The number of aliphatic hydroxyl groups is 2. The van der Waals surface area contributed by atoms with E-state index in [4.69, 9.17) is 9.47 Å². The Morgan fingerprint density at radius 1 is 0.708 bits per heavy atom. The minimum Gasteiger partial charge on any atom is -0.492 e. The minimum absolute atomic E-state index is 0.00500. The summed E-state index contributed by atoms with van der Waals surface area (Å²) in [5.41, 5.74) is 3.01. The standard InChI is InChI=1S/C56H66F6N6O4/c1-32(30-69)24-67-33(2)15-42-40-9-5-7-11-48(40)63-52(42)54(67)50-46(61)20-38(21-47(50)62)72-39(29-66-27-35(23-58)28-66)16-36-17-43-41-10-6-8-12-49(41)64-53(43)55(68(36)31-56(3,4)70)51-44(59)18-37(19-45(51)60)71-14-13-65-25-34(22-57)26-65/h5-12,18-21,32-36,39,54-55,63-64,69-70H,13-17,22-31H2,1-4H3/t32-,33-,36-,39?,54-,55-/m1/s1. The van der Waals surface area contributed by atoms with Crippen LogP contribution < -0.4 is 9.47 Å². The number of nitrogens with one attached hydrogen (secondary N) is 2. The SMILES string of the molecule is C[C@@H](CO)CN1[C@H](c2c(F)cc(OC(C[C@@H]3Cc4c([nH]c5ccccc45)[C@@H](c4c(F)cc(OCCN5CC(CF)C5)cc4F)N3CC(C)(C)O)CN3CC(CF)C3)cc2F)c2[nH]c3ccccc3c2C[C@H]1C. The highest BCUT2D eigenvalue weighted by Gasteiger charge is 2.45. The van der Waals surface area contributed by atoms with E-state index < -0.39 is 59.8 Å². The van der Waals surface area contributed by atoms with Crippen molar-refractivity contribution in [1.82, 2.24) is 29.6 Å². The summed E-state index contributed by atoms with van der Waals surface area (Å²) in [5, 5.41) is 23.6. The number of H-pyrrole nitrogens is 2. The maximum absolute atomic E-state index is 17.1. The van der Waals surface area contributed by atoms with Crippen LogP contribution in [0.4, 0.5) is 26.3 Å². The van der Waals surface area contributed by atoms with Crippen LogP contribution in [-0.2, 0) is 12.8 Å². The lowest BCUT2D eigenvalue weighted by Crippen LogP contribution is -2.55. The molecule has 0 amide bonds. The van der Waals surface area contributed by atoms with Crippen molar-refractivity contribution in [2.24, 2.45) is 17.8 Å². The van der Waals surface area contributed by atoms with Gasteiger partial charge in [-0.2, -0.15) is 0 Å². The molecule has 10 nitrogen and oxygen atoms in total. The van der Waals surface area contributed by atoms with Gasteiger partial charge in [0.15, 0.2) is 0 Å². The van der Waals surface area contributed by atoms with Crippen LogP contribution in [0.25, 0.3) is 21.8 Å². The number of rotatable bonds is 19. The quantitative estimate of drug-likeness (QED) is 0.0597. The number of likely N-dealkylation sites (tertiary alicyclic amines) is 2. The average molecular weight is 1000 g/mol. The summed E-state index contributed by atoms with van der Waals surface area (Å²) in [7, 11) is 0. The zero-order chi connectivity index (χ0) is 50.6. The van der Waals surface area contributed by atoms with Gasteiger partial charge in [-0.3, -0.25) is 28.4 Å². The Bertz CT molecular complexity index is 2830. The van der Waals surface area contributed by atoms with Gasteiger partial charge >= 0.3 is 0 Å². The number of halogens is 6. The average Bonchev–Trinajstić information content (AvgIpc) is 3.86. The van der Waals surface area contributed by atoms with E-state index in [1.165, 1.54) is 24.3 Å². The second-order valence-corrected chi connectivity index (χ2v) is 21.8. The molecule has 2 aromatic heterocycles. The minimum atomic E-state index is -1.36. The van der Waals surface area contributed by atoms with Gasteiger partial charge in [-0.25, -0.2) is 17.6 Å². The first-order chi connectivity index (χ1) is 34.6. The maximum atomic E-state index is 17.1. The van der Waals surface area contributed by atoms with E-state index in [0.717, 1.165) is 32.9 Å². The van der Waals surface area contributed by atoms with Crippen LogP contribution in [0.5, 0.6) is 11.5 Å². The fourth-order valence-corrected chi connectivity index (χ4v) is 12.0. The molecule has 4 aliphatic heterocycles. The molecule has 0 aliphatic carbocycles. The number of fused-ring (bicyclic) bond motifs is 6. The molecule has 0 spiro atoms. The van der Waals surface area contributed by atoms with Crippen molar-refractivity contribution in [2.75, 3.05) is 78.9 Å². The molecule has 16 heteroatoms. The van der Waals surface area contributed by atoms with Crippen molar-refractivity contribution in [1.29, 1.82) is 0 Å². The first-order valence-corrected chi connectivity index (χ1v) is 25.5. The molecule has 4 aromatic carbocycles. The van der Waals surface area contributed by atoms with Crippen molar-refractivity contribution in [3.05, 3.63) is 130 Å². The molecule has 6 aromatic rings. The van der Waals surface area contributed by atoms with Crippen molar-refractivity contribution in [3.8, 4) is 11.5 Å². The van der Waals surface area contributed by atoms with E-state index >= 15 is 17.6 Å². The van der Waals surface area contributed by atoms with E-state index in [-0.39, 0.29) is 85.8 Å². The van der Waals surface area contributed by atoms with Gasteiger partial charge in [0.1, 0.15) is 47.5 Å². The molecular formula is C56H66F6N6O4. The van der Waals surface area contributed by atoms with Gasteiger partial charge in [0.2, 0.25) is 0 Å². The zero-order valence-electron chi connectivity index (χ0n) is 41.4. The Balaban J connectivity index is 1.00. The number of aromatic amines is 2. The molecule has 6 atom stereocenters. The van der Waals surface area contributed by atoms with Crippen molar-refractivity contribution in [3.63, 3.8) is 0 Å². The normalized spacial score (nSPS) is 22.4. The van der Waals surface area contributed by atoms with E-state index in [9.17, 15) is 19.0 Å². The molecule has 0 radical (unpaired) electrons. The predicted octanol–water partition coefficient (Wildman–Crippen LogP) is 9.28. The molecule has 4 aliphatic rings. The number of hydrogen-bond donors (Lipinski definition) is 4. The van der Waals surface area contributed by atoms with Crippen molar-refractivity contribution >= 4 is 21.8 Å². The number of hydrogen-bond acceptors (Lipinski definition) is 8. The number of benzene rings is 4. The van der Waals surface area contributed by atoms with Gasteiger partial charge in [-0.1, -0.05) is 43.3 Å². The first-order valence-electron chi connectivity index (χ1n) is 25.5. The Labute approximate surface area is 416 Å². The van der Waals surface area contributed by atoms with Crippen molar-refractivity contribution in [2.45, 2.75) is 82.8 Å². The molecule has 10 rings (SSSR count). The van der Waals surface area contributed by atoms with Crippen molar-refractivity contribution < 1.29 is 46.0 Å². The highest BCUT2D eigenvalue weighted by molar-refractivity contribution is 5.86. The van der Waals surface area contributed by atoms with Gasteiger partial charge in [0.25, 0.3) is 0 Å². The van der Waals surface area contributed by atoms with Gasteiger partial charge in [0, 0.05) is 158 Å². The molecule has 386 valence electrons. The van der Waals surface area contributed by atoms with Crippen LogP contribution in [0.15, 0.2) is 72.8 Å². The Morgan fingerprint density at radius 3 is 1.76 bits per heavy atom. The van der Waals surface area contributed by atoms with E-state index in [2.05, 4.69) is 14.9 Å². The van der Waals surface area contributed by atoms with Gasteiger partial charge in [0.05, 0.1) is 31.0 Å². The van der Waals surface area contributed by atoms with Crippen LogP contribution in [0.3, 0.4) is 0 Å². The maximum Gasteiger partial charge on any atom is 0.135 e. The predicted molar refractivity (Wildman–Crippen MR) is 266 cm³/mol. The van der Waals surface area contributed by atoms with Gasteiger partial charge in [-0.15, -0.1) is 0 Å². The Morgan fingerprint density at radius 2 is 1.22 bits per heavy atom. The van der Waals surface area contributed by atoms with Crippen LogP contribution in [-0.4, -0.2) is 142 Å². The molecule has 0 saturated carbocycles. The van der Waals surface area contributed by atoms with Crippen LogP contribution in [0, 0.1) is 41.0 Å². The monoisotopic (exact) mass is 1000 g/mol. The highest BCUT2D eigenvalue weighted by Crippen LogP contribution is 2.47. The van der Waals surface area contributed by atoms with E-state index in [1.807, 2.05) is 77.1 Å². The summed E-state index contributed by atoms with van der Waals surface area (Å²) in [6, 6.07) is 17.7. The van der Waals surface area contributed by atoms with E-state index in [0.29, 0.717) is 63.5 Å². The molecule has 2 saturated heterocycles. The molecule has 6 heterocycles. The topological polar surface area (TPSA) is 103 Å². The zero-order valence-corrected chi connectivity index (χ0v) is 41.4. The van der Waals surface area contributed by atoms with Gasteiger partial charge < -0.3 is 29.7 Å². The lowest BCUT2D eigenvalue weighted by Gasteiger charge is -2.46. The third kappa shape index (κ3) is 10.1. The molecule has 4 N–H and O–H groups in total. The third-order valence-electron chi connectivity index (χ3n) is 15.4. The number of nitrogens with zero attached hydrogens (tertiary/aromatic N) is 4. The number of ether oxygens (including phenoxy) is 2. The third-order valence-corrected chi connectivity index (χ3v) is 15.4. The number of aromatic nitrogens is 2. The smallest absolute Gasteiger partial charge is 0.135 e. The summed E-state index contributed by atoms with van der Waals surface area (Å²) >= 11 is 0. The molecule has 1 unspecified atom stereocenters. The number of aliphatic hydroxyl groups excluding tert-OH is 1. The van der Waals surface area contributed by atoms with Crippen LogP contribution >= 0.6 is 0 Å². The molecule has 0 bridgehead atoms. The van der Waals surface area contributed by atoms with Crippen LogP contribution in [0.1, 0.15) is 79.8 Å². The molecule has 2 fully saturated rings. The summed E-state index contributed by atoms with van der Waals surface area (Å²) in [4.78, 5) is 15.0. The molecular weight excluding hydrogens is 935 g/mol. The first kappa shape index (κ1) is 50.4. The largest absolute Gasteiger partial charge is 0.492 e. The van der Waals surface area contributed by atoms with Gasteiger partial charge in [-0.05, 0) is 62.8 Å². The number of para-hydroxylation sites is 2. The lowest BCUT2D eigenvalue weighted by molar-refractivity contribution is -0.0168. The van der Waals surface area contributed by atoms with Crippen LogP contribution in [0.2, 0.25) is 0 Å². The summed E-state index contributed by atoms with van der Waals surface area (Å²) < 4.78 is 107. The van der Waals surface area contributed by atoms with E-state index in [1.54, 1.807) is 13.8 Å². The Kier molecular flexibility index (Phi) is 14.5. The number of alkyl halides is 2. The lowest BCUT2D eigenvalue weighted by atomic mass is 9.84. The fourth-order valence-electron chi connectivity index (χ4n) is 12.0. The second kappa shape index (κ2) is 20.7. The Hall–Kier alpha value is -5.10. The summed E-state index contributed by atoms with van der Waals surface area (Å²) in [5.74, 6) is -3.65. The number of β-amino-alcohol motifs (C(OH)–C–C–N with tert-alkyl or cyclic N) is 1. The molecule has 72 heavy (non-hydrogen) atoms. The fraction of sp³-hybridized carbons (Fsp3) is 0.500. The second-order valence-electron chi connectivity index (χ2n) is 21.8. The summed E-state index contributed by atoms with van der Waals surface area (Å²) in [6.45, 7) is 9.65.